The van der Waals surface area contributed by atoms with Crippen LogP contribution in [-0.2, 0) is 13.1 Å². The number of rotatable bonds is 9. The maximum absolute atomic E-state index is 12.3. The van der Waals surface area contributed by atoms with E-state index in [1.807, 2.05) is 27.7 Å². The molecule has 0 spiro atoms. The van der Waals surface area contributed by atoms with Crippen LogP contribution in [0.5, 0.6) is 46.0 Å². The molecular formula is C44H44N2O8. The zero-order valence-electron chi connectivity index (χ0n) is 31.0. The lowest BCUT2D eigenvalue weighted by Crippen LogP contribution is -2.01. The predicted octanol–water partition coefficient (Wildman–Crippen LogP) is 9.41. The van der Waals surface area contributed by atoms with Gasteiger partial charge in [0.25, 0.3) is 0 Å². The normalized spacial score (nSPS) is 12.1. The van der Waals surface area contributed by atoms with Crippen LogP contribution >= 0.6 is 0 Å². The number of aromatic hydroxyl groups is 8. The second kappa shape index (κ2) is 14.5. The van der Waals surface area contributed by atoms with Crippen LogP contribution in [0.2, 0.25) is 0 Å². The molecule has 0 fully saturated rings. The topological polar surface area (TPSA) is 187 Å². The third-order valence-corrected chi connectivity index (χ3v) is 9.94. The monoisotopic (exact) mass is 728 g/mol. The molecule has 0 saturated carbocycles. The van der Waals surface area contributed by atoms with E-state index < -0.39 is 11.5 Å². The Kier molecular flexibility index (Phi) is 10.1. The fraction of sp³-hybridized carbons (Fsp3) is 0.227. The first-order chi connectivity index (χ1) is 25.6. The summed E-state index contributed by atoms with van der Waals surface area (Å²) < 4.78 is 0. The highest BCUT2D eigenvalue weighted by Crippen LogP contribution is 2.54. The summed E-state index contributed by atoms with van der Waals surface area (Å²) in [5, 5.41) is 91.8. The van der Waals surface area contributed by atoms with Gasteiger partial charge in [-0.15, -0.1) is 0 Å². The number of aryl methyl sites for hydroxylation is 2. The molecule has 0 aliphatic rings. The highest BCUT2D eigenvalue weighted by Gasteiger charge is 2.29. The molecule has 0 aliphatic heterocycles. The zero-order chi connectivity index (χ0) is 39.2. The Balaban J connectivity index is 1.65. The van der Waals surface area contributed by atoms with Gasteiger partial charge in [0.15, 0.2) is 23.0 Å². The van der Waals surface area contributed by atoms with Crippen LogP contribution in [0.1, 0.15) is 84.0 Å². The van der Waals surface area contributed by atoms with Crippen molar-refractivity contribution in [3.8, 4) is 57.1 Å². The molecule has 0 bridgehead atoms. The third-order valence-electron chi connectivity index (χ3n) is 9.94. The second-order valence-corrected chi connectivity index (χ2v) is 14.2. The van der Waals surface area contributed by atoms with Gasteiger partial charge in [-0.1, -0.05) is 76.2 Å². The van der Waals surface area contributed by atoms with Gasteiger partial charge >= 0.3 is 0 Å². The van der Waals surface area contributed by atoms with Gasteiger partial charge in [-0.05, 0) is 59.7 Å². The van der Waals surface area contributed by atoms with Gasteiger partial charge in [0.2, 0.25) is 0 Å². The molecule has 0 heterocycles. The van der Waals surface area contributed by atoms with E-state index >= 15 is 0 Å². The number of para-hydroxylation sites is 2. The molecule has 6 rings (SSSR count). The summed E-state index contributed by atoms with van der Waals surface area (Å²) in [5.41, 5.74) is 3.55. The SMILES string of the molecule is Cc1cc2c(C(C)C)c(O)c(O)c(C=NCc3ccccc3O)c2c(O)c1-c1c(C)cc2c(C(C)C)c(O)c(O)c(C=NCc3ccccc3O)c2c1O. The summed E-state index contributed by atoms with van der Waals surface area (Å²) >= 11 is 0. The van der Waals surface area contributed by atoms with Crippen molar-refractivity contribution in [3.05, 3.63) is 105 Å². The number of phenolic OH excluding ortho intramolecular Hbond substituents is 8. The minimum atomic E-state index is -0.485. The van der Waals surface area contributed by atoms with Crippen LogP contribution in [0.25, 0.3) is 32.7 Å². The summed E-state index contributed by atoms with van der Waals surface area (Å²) in [5.74, 6) is -2.67. The Labute approximate surface area is 312 Å². The van der Waals surface area contributed by atoms with Crippen molar-refractivity contribution < 1.29 is 40.9 Å². The molecule has 0 unspecified atom stereocenters. The van der Waals surface area contributed by atoms with Crippen molar-refractivity contribution in [2.24, 2.45) is 9.98 Å². The average Bonchev–Trinajstić information content (AvgIpc) is 3.11. The molecule has 8 N–H and O–H groups in total. The summed E-state index contributed by atoms with van der Waals surface area (Å²) in [6, 6.07) is 17.0. The fourth-order valence-electron chi connectivity index (χ4n) is 7.38. The van der Waals surface area contributed by atoms with Crippen LogP contribution in [0.15, 0.2) is 70.6 Å². The molecule has 0 radical (unpaired) electrons. The number of fused-ring (bicyclic) bond motifs is 2. The van der Waals surface area contributed by atoms with Crippen LogP contribution in [0.3, 0.4) is 0 Å². The van der Waals surface area contributed by atoms with Crippen LogP contribution in [-0.4, -0.2) is 53.3 Å². The number of aliphatic imine (C=N–C) groups is 2. The lowest BCUT2D eigenvalue weighted by atomic mass is 9.83. The molecule has 6 aromatic rings. The lowest BCUT2D eigenvalue weighted by Gasteiger charge is -2.23. The van der Waals surface area contributed by atoms with E-state index in [0.29, 0.717) is 44.2 Å². The first-order valence-corrected chi connectivity index (χ1v) is 17.7. The highest BCUT2D eigenvalue weighted by atomic mass is 16.3. The molecule has 278 valence electrons. The molecule has 0 amide bonds. The van der Waals surface area contributed by atoms with Crippen LogP contribution in [0, 0.1) is 13.8 Å². The van der Waals surface area contributed by atoms with Crippen molar-refractivity contribution in [1.82, 2.24) is 0 Å². The van der Waals surface area contributed by atoms with Crippen LogP contribution in [0.4, 0.5) is 0 Å². The third kappa shape index (κ3) is 6.33. The van der Waals surface area contributed by atoms with E-state index in [1.165, 1.54) is 24.6 Å². The first kappa shape index (κ1) is 37.3. The Morgan fingerprint density at radius 3 is 1.19 bits per heavy atom. The average molecular weight is 729 g/mol. The molecule has 10 nitrogen and oxygen atoms in total. The van der Waals surface area contributed by atoms with Crippen molar-refractivity contribution in [1.29, 1.82) is 0 Å². The number of nitrogens with zero attached hydrogens (tertiary/aromatic N) is 2. The van der Waals surface area contributed by atoms with Gasteiger partial charge in [-0.25, -0.2) is 0 Å². The molecule has 0 aliphatic carbocycles. The van der Waals surface area contributed by atoms with Crippen molar-refractivity contribution in [3.63, 3.8) is 0 Å². The summed E-state index contributed by atoms with van der Waals surface area (Å²) in [7, 11) is 0. The molecule has 54 heavy (non-hydrogen) atoms. The molecule has 10 heteroatoms. The van der Waals surface area contributed by atoms with Gasteiger partial charge in [-0.3, -0.25) is 9.98 Å². The van der Waals surface area contributed by atoms with Crippen molar-refractivity contribution in [2.75, 3.05) is 0 Å². The Morgan fingerprint density at radius 2 is 0.852 bits per heavy atom. The van der Waals surface area contributed by atoms with E-state index in [1.54, 1.807) is 62.4 Å². The second-order valence-electron chi connectivity index (χ2n) is 14.2. The zero-order valence-corrected chi connectivity index (χ0v) is 31.0. The number of hydrogen-bond donors (Lipinski definition) is 8. The largest absolute Gasteiger partial charge is 0.508 e. The van der Waals surface area contributed by atoms with E-state index in [9.17, 15) is 40.9 Å². The number of benzene rings is 6. The number of phenols is 8. The van der Waals surface area contributed by atoms with Gasteiger partial charge in [0, 0.05) is 67.7 Å². The van der Waals surface area contributed by atoms with Gasteiger partial charge in [0.1, 0.15) is 23.0 Å². The summed E-state index contributed by atoms with van der Waals surface area (Å²) in [6.45, 7) is 11.1. The number of hydrogen-bond acceptors (Lipinski definition) is 10. The lowest BCUT2D eigenvalue weighted by molar-refractivity contribution is 0.398. The van der Waals surface area contributed by atoms with Gasteiger partial charge in [0.05, 0.1) is 13.1 Å². The Hall–Kier alpha value is -6.42. The van der Waals surface area contributed by atoms with E-state index in [0.717, 1.165) is 0 Å². The predicted molar refractivity (Wildman–Crippen MR) is 213 cm³/mol. The fourth-order valence-corrected chi connectivity index (χ4v) is 7.38. The maximum atomic E-state index is 12.3. The molecular weight excluding hydrogens is 684 g/mol. The minimum Gasteiger partial charge on any atom is -0.508 e. The Bertz CT molecular complexity index is 2340. The van der Waals surface area contributed by atoms with Gasteiger partial charge in [-0.2, -0.15) is 0 Å². The minimum absolute atomic E-state index is 0.0423. The van der Waals surface area contributed by atoms with E-state index in [2.05, 4.69) is 9.98 Å². The van der Waals surface area contributed by atoms with Crippen molar-refractivity contribution >= 4 is 34.0 Å². The highest BCUT2D eigenvalue weighted by molar-refractivity contribution is 6.15. The summed E-state index contributed by atoms with van der Waals surface area (Å²) in [4.78, 5) is 8.91. The molecule has 6 aromatic carbocycles. The standard InChI is InChI=1S/C44H44N2O8/c1-21(2)33-27-15-23(5)35(41(51)37(27)29(39(49)43(33)53)19-45-17-25-11-7-9-13-31(25)47)36-24(6)16-28-34(22(3)4)44(54)40(50)30(38(28)42(36)52)20-46-18-26-12-8-10-14-32(26)48/h7-16,19-22,47-54H,17-18H2,1-6H3. The van der Waals surface area contributed by atoms with Crippen molar-refractivity contribution in [2.45, 2.75) is 66.5 Å². The molecule has 0 saturated heterocycles. The molecule has 0 atom stereocenters. The first-order valence-electron chi connectivity index (χ1n) is 17.7. The van der Waals surface area contributed by atoms with Gasteiger partial charge < -0.3 is 40.9 Å². The van der Waals surface area contributed by atoms with E-state index in [4.69, 9.17) is 0 Å². The van der Waals surface area contributed by atoms with E-state index in [-0.39, 0.29) is 92.4 Å². The quantitative estimate of drug-likeness (QED) is 0.0534. The maximum Gasteiger partial charge on any atom is 0.167 e. The smallest absolute Gasteiger partial charge is 0.167 e. The summed E-state index contributed by atoms with van der Waals surface area (Å²) in [6.07, 6.45) is 2.68. The molecule has 0 aromatic heterocycles. The Morgan fingerprint density at radius 1 is 0.500 bits per heavy atom. The van der Waals surface area contributed by atoms with Crippen LogP contribution < -0.4 is 0 Å².